The summed E-state index contributed by atoms with van der Waals surface area (Å²) in [5.41, 5.74) is 5.36. The van der Waals surface area contributed by atoms with Crippen molar-refractivity contribution in [3.05, 3.63) is 18.2 Å². The third-order valence-corrected chi connectivity index (χ3v) is 1.60. The van der Waals surface area contributed by atoms with Crippen molar-refractivity contribution in [3.63, 3.8) is 0 Å². The predicted octanol–water partition coefficient (Wildman–Crippen LogP) is 2.39. The molecule has 1 aromatic heterocycles. The van der Waals surface area contributed by atoms with E-state index in [4.69, 9.17) is 10.5 Å². The van der Waals surface area contributed by atoms with Gasteiger partial charge in [0, 0.05) is 12.5 Å². The van der Waals surface area contributed by atoms with Gasteiger partial charge in [0.05, 0.1) is 6.61 Å². The van der Waals surface area contributed by atoms with Crippen LogP contribution in [0.5, 0.6) is 5.88 Å². The summed E-state index contributed by atoms with van der Waals surface area (Å²) in [6.45, 7) is -0.0179. The van der Waals surface area contributed by atoms with Crippen molar-refractivity contribution in [1.29, 1.82) is 0 Å². The lowest BCUT2D eigenvalue weighted by atomic mass is 10.3. The molecule has 15 heavy (non-hydrogen) atoms. The number of ether oxygens (including phenoxy) is 1. The number of halogens is 3. The number of pyridine rings is 1. The lowest BCUT2D eigenvalue weighted by Gasteiger charge is -2.07. The molecule has 0 bridgehead atoms. The lowest BCUT2D eigenvalue weighted by molar-refractivity contribution is -0.136. The van der Waals surface area contributed by atoms with Crippen molar-refractivity contribution < 1.29 is 17.9 Å². The summed E-state index contributed by atoms with van der Waals surface area (Å²) in [4.78, 5) is 3.78. The van der Waals surface area contributed by atoms with E-state index in [1.54, 1.807) is 18.2 Å². The molecular weight excluding hydrogens is 209 g/mol. The van der Waals surface area contributed by atoms with Crippen molar-refractivity contribution in [1.82, 2.24) is 4.98 Å². The first-order chi connectivity index (χ1) is 6.97. The molecule has 0 aliphatic rings. The fourth-order valence-electron chi connectivity index (χ4n) is 0.961. The summed E-state index contributed by atoms with van der Waals surface area (Å²) in [6.07, 6.45) is -5.07. The zero-order valence-electron chi connectivity index (χ0n) is 7.92. The lowest BCUT2D eigenvalue weighted by Crippen LogP contribution is -2.10. The molecule has 0 atom stereocenters. The van der Waals surface area contributed by atoms with Gasteiger partial charge in [0.25, 0.3) is 0 Å². The molecule has 1 aromatic rings. The third kappa shape index (κ3) is 5.09. The number of nitrogens with two attached hydrogens (primary N) is 1. The average molecular weight is 220 g/mol. The number of nitrogens with zero attached hydrogens (tertiary/aromatic N) is 1. The molecule has 6 heteroatoms. The molecule has 0 fully saturated rings. The van der Waals surface area contributed by atoms with Crippen LogP contribution < -0.4 is 10.5 Å². The minimum atomic E-state index is -4.13. The zero-order chi connectivity index (χ0) is 11.3. The van der Waals surface area contributed by atoms with Gasteiger partial charge in [0.15, 0.2) is 0 Å². The molecular formula is C9H11F3N2O. The van der Waals surface area contributed by atoms with Crippen LogP contribution in [-0.4, -0.2) is 17.8 Å². The molecule has 0 radical (unpaired) electrons. The first kappa shape index (κ1) is 11.6. The van der Waals surface area contributed by atoms with Crippen LogP contribution in [0.1, 0.15) is 12.8 Å². The van der Waals surface area contributed by atoms with Crippen LogP contribution in [0, 0.1) is 0 Å². The van der Waals surface area contributed by atoms with E-state index in [0.29, 0.717) is 0 Å². The highest BCUT2D eigenvalue weighted by Crippen LogP contribution is 2.21. The standard InChI is InChI=1S/C9H11F3N2O/c10-9(11,12)5-2-6-15-8-4-1-3-7(13)14-8/h1,3-4H,2,5-6H2,(H2,13,14). The molecule has 0 amide bonds. The van der Waals surface area contributed by atoms with Crippen LogP contribution in [0.2, 0.25) is 0 Å². The monoisotopic (exact) mass is 220 g/mol. The van der Waals surface area contributed by atoms with Crippen molar-refractivity contribution in [3.8, 4) is 5.88 Å². The third-order valence-electron chi connectivity index (χ3n) is 1.60. The molecule has 84 valence electrons. The van der Waals surface area contributed by atoms with Crippen LogP contribution in [0.3, 0.4) is 0 Å². The summed E-state index contributed by atoms with van der Waals surface area (Å²) < 4.78 is 40.3. The second kappa shape index (κ2) is 4.86. The molecule has 0 aromatic carbocycles. The molecule has 0 saturated carbocycles. The number of alkyl halides is 3. The smallest absolute Gasteiger partial charge is 0.389 e. The number of rotatable bonds is 4. The summed E-state index contributed by atoms with van der Waals surface area (Å²) >= 11 is 0. The van der Waals surface area contributed by atoms with Crippen LogP contribution in [-0.2, 0) is 0 Å². The Morgan fingerprint density at radius 3 is 2.67 bits per heavy atom. The maximum atomic E-state index is 11.8. The van der Waals surface area contributed by atoms with E-state index >= 15 is 0 Å². The van der Waals surface area contributed by atoms with Gasteiger partial charge in [-0.05, 0) is 12.5 Å². The molecule has 0 aliphatic heterocycles. The van der Waals surface area contributed by atoms with Gasteiger partial charge in [-0.15, -0.1) is 0 Å². The first-order valence-corrected chi connectivity index (χ1v) is 4.39. The van der Waals surface area contributed by atoms with E-state index in [1.165, 1.54) is 0 Å². The normalized spacial score (nSPS) is 11.4. The van der Waals surface area contributed by atoms with Gasteiger partial charge in [-0.2, -0.15) is 18.2 Å². The van der Waals surface area contributed by atoms with Crippen molar-refractivity contribution in [2.75, 3.05) is 12.3 Å². The molecule has 1 heterocycles. The van der Waals surface area contributed by atoms with Crippen molar-refractivity contribution in [2.45, 2.75) is 19.0 Å². The zero-order valence-corrected chi connectivity index (χ0v) is 7.92. The molecule has 0 spiro atoms. The van der Waals surface area contributed by atoms with E-state index < -0.39 is 12.6 Å². The van der Waals surface area contributed by atoms with Crippen LogP contribution in [0.15, 0.2) is 18.2 Å². The number of anilines is 1. The highest BCUT2D eigenvalue weighted by Gasteiger charge is 2.26. The molecule has 2 N–H and O–H groups in total. The summed E-state index contributed by atoms with van der Waals surface area (Å²) in [5, 5.41) is 0. The number of aromatic nitrogens is 1. The maximum Gasteiger partial charge on any atom is 0.389 e. The van der Waals surface area contributed by atoms with Crippen LogP contribution in [0.4, 0.5) is 19.0 Å². The number of hydrogen-bond acceptors (Lipinski definition) is 3. The molecule has 0 unspecified atom stereocenters. The Kier molecular flexibility index (Phi) is 3.76. The quantitative estimate of drug-likeness (QED) is 0.792. The molecule has 3 nitrogen and oxygen atoms in total. The topological polar surface area (TPSA) is 48.1 Å². The van der Waals surface area contributed by atoms with Gasteiger partial charge in [0.1, 0.15) is 5.82 Å². The van der Waals surface area contributed by atoms with Gasteiger partial charge in [0.2, 0.25) is 5.88 Å². The van der Waals surface area contributed by atoms with Gasteiger partial charge in [-0.25, -0.2) is 0 Å². The second-order valence-electron chi connectivity index (χ2n) is 2.97. The second-order valence-corrected chi connectivity index (χ2v) is 2.97. The fourth-order valence-corrected chi connectivity index (χ4v) is 0.961. The van der Waals surface area contributed by atoms with E-state index in [0.717, 1.165) is 0 Å². The van der Waals surface area contributed by atoms with Crippen molar-refractivity contribution in [2.24, 2.45) is 0 Å². The Morgan fingerprint density at radius 2 is 2.07 bits per heavy atom. The number of hydrogen-bond donors (Lipinski definition) is 1. The van der Waals surface area contributed by atoms with E-state index in [-0.39, 0.29) is 24.7 Å². The summed E-state index contributed by atoms with van der Waals surface area (Å²) in [5.74, 6) is 0.528. The minimum absolute atomic E-state index is 0.0179. The minimum Gasteiger partial charge on any atom is -0.478 e. The van der Waals surface area contributed by atoms with Crippen LogP contribution in [0.25, 0.3) is 0 Å². The van der Waals surface area contributed by atoms with Crippen LogP contribution >= 0.6 is 0 Å². The Morgan fingerprint density at radius 1 is 1.33 bits per heavy atom. The molecule has 0 aliphatic carbocycles. The highest BCUT2D eigenvalue weighted by molar-refractivity contribution is 5.30. The molecule has 0 saturated heterocycles. The first-order valence-electron chi connectivity index (χ1n) is 4.39. The Balaban J connectivity index is 2.26. The fraction of sp³-hybridized carbons (Fsp3) is 0.444. The van der Waals surface area contributed by atoms with Gasteiger partial charge >= 0.3 is 6.18 Å². The predicted molar refractivity (Wildman–Crippen MR) is 49.4 cm³/mol. The van der Waals surface area contributed by atoms with Gasteiger partial charge in [-0.3, -0.25) is 0 Å². The van der Waals surface area contributed by atoms with E-state index in [9.17, 15) is 13.2 Å². The SMILES string of the molecule is Nc1cccc(OCCCC(F)(F)F)n1. The Bertz CT molecular complexity index is 314. The van der Waals surface area contributed by atoms with Gasteiger partial charge < -0.3 is 10.5 Å². The maximum absolute atomic E-state index is 11.8. The van der Waals surface area contributed by atoms with Crippen molar-refractivity contribution >= 4 is 5.82 Å². The highest BCUT2D eigenvalue weighted by atomic mass is 19.4. The summed E-state index contributed by atoms with van der Waals surface area (Å²) in [7, 11) is 0. The Labute approximate surface area is 85.1 Å². The summed E-state index contributed by atoms with van der Waals surface area (Å²) in [6, 6.07) is 4.74. The number of nitrogen functional groups attached to an aromatic ring is 1. The Hall–Kier alpha value is -1.46. The van der Waals surface area contributed by atoms with Gasteiger partial charge in [-0.1, -0.05) is 6.07 Å². The van der Waals surface area contributed by atoms with E-state index in [2.05, 4.69) is 4.98 Å². The molecule has 1 rings (SSSR count). The average Bonchev–Trinajstić information content (AvgIpc) is 2.11. The van der Waals surface area contributed by atoms with E-state index in [1.807, 2.05) is 0 Å². The largest absolute Gasteiger partial charge is 0.478 e.